The Morgan fingerprint density at radius 1 is 1.06 bits per heavy atom. The van der Waals surface area contributed by atoms with Crippen LogP contribution in [0.15, 0.2) is 46.7 Å². The number of nitrogens with one attached hydrogen (secondary N) is 3. The zero-order valence-electron chi connectivity index (χ0n) is 19.4. The standard InChI is InChI=1S/C24H33N3O4S2/c1-24(2,3)27-33(30,31)20-13-11-18(12-14-20)25-23(29)21(16-19-10-7-15-32-19)26-22(28)17-8-5-4-6-9-17/h7,10-15,17,21,27H,4-6,8-9,16H2,1-3H3,(H,25,29)(H,26,28). The minimum absolute atomic E-state index is 0.0443. The van der Waals surface area contributed by atoms with Gasteiger partial charge in [-0.2, -0.15) is 0 Å². The van der Waals surface area contributed by atoms with Crippen molar-refractivity contribution in [1.82, 2.24) is 10.0 Å². The molecule has 1 aromatic carbocycles. The Morgan fingerprint density at radius 2 is 1.73 bits per heavy atom. The van der Waals surface area contributed by atoms with Gasteiger partial charge >= 0.3 is 0 Å². The lowest BCUT2D eigenvalue weighted by molar-refractivity contribution is -0.130. The number of carbonyl (C=O) groups excluding carboxylic acids is 2. The molecule has 2 aromatic rings. The molecule has 0 saturated heterocycles. The molecule has 1 unspecified atom stereocenters. The molecule has 2 amide bonds. The fourth-order valence-electron chi connectivity index (χ4n) is 3.90. The molecule has 7 nitrogen and oxygen atoms in total. The summed E-state index contributed by atoms with van der Waals surface area (Å²) < 4.78 is 27.6. The van der Waals surface area contributed by atoms with Crippen molar-refractivity contribution in [2.24, 2.45) is 5.92 Å². The number of hydrogen-bond donors (Lipinski definition) is 3. The fourth-order valence-corrected chi connectivity index (χ4v) is 6.07. The van der Waals surface area contributed by atoms with Gasteiger partial charge in [-0.15, -0.1) is 11.3 Å². The molecule has 1 saturated carbocycles. The second kappa shape index (κ2) is 10.8. The lowest BCUT2D eigenvalue weighted by atomic mass is 9.88. The number of sulfonamides is 1. The van der Waals surface area contributed by atoms with E-state index in [1.54, 1.807) is 44.2 Å². The Kier molecular flexibility index (Phi) is 8.31. The highest BCUT2D eigenvalue weighted by Gasteiger charge is 2.27. The fraction of sp³-hybridized carbons (Fsp3) is 0.500. The molecule has 0 radical (unpaired) electrons. The first-order valence-electron chi connectivity index (χ1n) is 11.3. The monoisotopic (exact) mass is 491 g/mol. The quantitative estimate of drug-likeness (QED) is 0.518. The molecule has 0 spiro atoms. The number of benzene rings is 1. The summed E-state index contributed by atoms with van der Waals surface area (Å²) in [6.45, 7) is 5.32. The van der Waals surface area contributed by atoms with Crippen molar-refractivity contribution in [1.29, 1.82) is 0 Å². The van der Waals surface area contributed by atoms with E-state index in [1.165, 1.54) is 12.1 Å². The molecule has 9 heteroatoms. The van der Waals surface area contributed by atoms with Crippen molar-refractivity contribution in [2.45, 2.75) is 75.8 Å². The molecular weight excluding hydrogens is 458 g/mol. The number of amides is 2. The van der Waals surface area contributed by atoms with Crippen molar-refractivity contribution >= 4 is 38.9 Å². The highest BCUT2D eigenvalue weighted by molar-refractivity contribution is 7.89. The van der Waals surface area contributed by atoms with E-state index in [1.807, 2.05) is 17.5 Å². The number of hydrogen-bond acceptors (Lipinski definition) is 5. The van der Waals surface area contributed by atoms with Crippen LogP contribution in [0.4, 0.5) is 5.69 Å². The van der Waals surface area contributed by atoms with Gasteiger partial charge in [0.25, 0.3) is 0 Å². The molecule has 33 heavy (non-hydrogen) atoms. The summed E-state index contributed by atoms with van der Waals surface area (Å²) in [7, 11) is -3.66. The SMILES string of the molecule is CC(C)(C)NS(=O)(=O)c1ccc(NC(=O)C(Cc2cccs2)NC(=O)C2CCCCC2)cc1. The summed E-state index contributed by atoms with van der Waals surface area (Å²) in [6.07, 6.45) is 5.36. The summed E-state index contributed by atoms with van der Waals surface area (Å²) in [4.78, 5) is 27.0. The van der Waals surface area contributed by atoms with Crippen molar-refractivity contribution in [3.63, 3.8) is 0 Å². The van der Waals surface area contributed by atoms with E-state index in [0.29, 0.717) is 12.1 Å². The van der Waals surface area contributed by atoms with E-state index >= 15 is 0 Å². The van der Waals surface area contributed by atoms with E-state index < -0.39 is 21.6 Å². The largest absolute Gasteiger partial charge is 0.344 e. The van der Waals surface area contributed by atoms with E-state index in [9.17, 15) is 18.0 Å². The highest BCUT2D eigenvalue weighted by atomic mass is 32.2. The van der Waals surface area contributed by atoms with Gasteiger partial charge < -0.3 is 10.6 Å². The lowest BCUT2D eigenvalue weighted by Crippen LogP contribution is -2.47. The third-order valence-corrected chi connectivity index (χ3v) is 8.14. The third kappa shape index (κ3) is 7.65. The highest BCUT2D eigenvalue weighted by Crippen LogP contribution is 2.24. The van der Waals surface area contributed by atoms with Gasteiger partial charge in [-0.1, -0.05) is 25.3 Å². The van der Waals surface area contributed by atoms with Gasteiger partial charge in [0, 0.05) is 28.4 Å². The molecule has 1 fully saturated rings. The van der Waals surface area contributed by atoms with Crippen molar-refractivity contribution < 1.29 is 18.0 Å². The molecule has 1 aliphatic rings. The minimum atomic E-state index is -3.66. The minimum Gasteiger partial charge on any atom is -0.344 e. The van der Waals surface area contributed by atoms with Gasteiger partial charge in [-0.3, -0.25) is 9.59 Å². The molecule has 180 valence electrons. The molecule has 3 rings (SSSR count). The van der Waals surface area contributed by atoms with Gasteiger partial charge in [0.15, 0.2) is 0 Å². The Balaban J connectivity index is 1.69. The Hall–Kier alpha value is -2.23. The van der Waals surface area contributed by atoms with E-state index in [0.717, 1.165) is 37.0 Å². The molecule has 1 heterocycles. The number of rotatable bonds is 8. The average molecular weight is 492 g/mol. The molecule has 0 aliphatic heterocycles. The van der Waals surface area contributed by atoms with Gasteiger partial charge in [0.2, 0.25) is 21.8 Å². The topological polar surface area (TPSA) is 104 Å². The average Bonchev–Trinajstić information content (AvgIpc) is 3.26. The van der Waals surface area contributed by atoms with Crippen molar-refractivity contribution in [3.8, 4) is 0 Å². The lowest BCUT2D eigenvalue weighted by Gasteiger charge is -2.24. The molecule has 0 bridgehead atoms. The summed E-state index contributed by atoms with van der Waals surface area (Å²) in [5.41, 5.74) is -0.130. The molecule has 1 aromatic heterocycles. The smallest absolute Gasteiger partial charge is 0.247 e. The van der Waals surface area contributed by atoms with Crippen LogP contribution in [-0.2, 0) is 26.0 Å². The van der Waals surface area contributed by atoms with Crippen molar-refractivity contribution in [2.75, 3.05) is 5.32 Å². The van der Waals surface area contributed by atoms with Crippen LogP contribution in [0.1, 0.15) is 57.8 Å². The van der Waals surface area contributed by atoms with Crippen LogP contribution in [0, 0.1) is 5.92 Å². The van der Waals surface area contributed by atoms with Crippen LogP contribution in [0.3, 0.4) is 0 Å². The first-order valence-corrected chi connectivity index (χ1v) is 13.7. The van der Waals surface area contributed by atoms with Crippen LogP contribution >= 0.6 is 11.3 Å². The second-order valence-electron chi connectivity index (χ2n) is 9.55. The summed E-state index contributed by atoms with van der Waals surface area (Å²) in [5, 5.41) is 7.72. The third-order valence-electron chi connectivity index (χ3n) is 5.47. The zero-order chi connectivity index (χ0) is 24.1. The summed E-state index contributed by atoms with van der Waals surface area (Å²) in [6, 6.07) is 9.18. The van der Waals surface area contributed by atoms with Crippen LogP contribution in [0.25, 0.3) is 0 Å². The number of carbonyl (C=O) groups is 2. The number of anilines is 1. The first kappa shape index (κ1) is 25.4. The van der Waals surface area contributed by atoms with Gasteiger partial charge in [-0.25, -0.2) is 13.1 Å². The maximum absolute atomic E-state index is 13.1. The second-order valence-corrected chi connectivity index (χ2v) is 12.3. The van der Waals surface area contributed by atoms with E-state index in [-0.39, 0.29) is 22.6 Å². The molecule has 1 aliphatic carbocycles. The summed E-state index contributed by atoms with van der Waals surface area (Å²) >= 11 is 1.54. The molecular formula is C24H33N3O4S2. The normalized spacial score (nSPS) is 16.2. The zero-order valence-corrected chi connectivity index (χ0v) is 21.0. The predicted octanol–water partition coefficient (Wildman–Crippen LogP) is 4.07. The van der Waals surface area contributed by atoms with Gasteiger partial charge in [0.1, 0.15) is 6.04 Å². The van der Waals surface area contributed by atoms with Crippen LogP contribution in [0.2, 0.25) is 0 Å². The Labute approximate surface area is 200 Å². The van der Waals surface area contributed by atoms with E-state index in [4.69, 9.17) is 0 Å². The van der Waals surface area contributed by atoms with Crippen LogP contribution in [0.5, 0.6) is 0 Å². The van der Waals surface area contributed by atoms with Gasteiger partial charge in [0.05, 0.1) is 4.90 Å². The molecule has 3 N–H and O–H groups in total. The van der Waals surface area contributed by atoms with Crippen LogP contribution in [-0.4, -0.2) is 31.8 Å². The molecule has 1 atom stereocenters. The summed E-state index contributed by atoms with van der Waals surface area (Å²) in [5.74, 6) is -0.436. The van der Waals surface area contributed by atoms with Gasteiger partial charge in [-0.05, 0) is 69.3 Å². The predicted molar refractivity (Wildman–Crippen MR) is 132 cm³/mol. The van der Waals surface area contributed by atoms with E-state index in [2.05, 4.69) is 15.4 Å². The Morgan fingerprint density at radius 3 is 2.30 bits per heavy atom. The maximum atomic E-state index is 13.1. The Bertz CT molecular complexity index is 1040. The van der Waals surface area contributed by atoms with Crippen LogP contribution < -0.4 is 15.4 Å². The van der Waals surface area contributed by atoms with Crippen molar-refractivity contribution in [3.05, 3.63) is 46.7 Å². The maximum Gasteiger partial charge on any atom is 0.247 e. The first-order chi connectivity index (χ1) is 15.5. The number of thiophene rings is 1.